The molecule has 5 heteroatoms. The zero-order chi connectivity index (χ0) is 14.8. The molecule has 3 rings (SSSR count). The maximum atomic E-state index is 12.2. The Morgan fingerprint density at radius 1 is 0.905 bits per heavy atom. The van der Waals surface area contributed by atoms with Gasteiger partial charge in [0.25, 0.3) is 11.8 Å². The number of fused-ring (bicyclic) bond motifs is 1. The average molecular weight is 299 g/mol. The van der Waals surface area contributed by atoms with Gasteiger partial charge < -0.3 is 0 Å². The van der Waals surface area contributed by atoms with Crippen molar-refractivity contribution >= 4 is 23.6 Å². The van der Waals surface area contributed by atoms with Gasteiger partial charge in [-0.3, -0.25) is 9.59 Å². The topological polar surface area (TPSA) is 46.6 Å². The van der Waals surface area contributed by atoms with Crippen molar-refractivity contribution in [3.05, 3.63) is 65.7 Å². The molecule has 2 aromatic rings. The Hall–Kier alpha value is -2.11. The minimum absolute atomic E-state index is 0.352. The van der Waals surface area contributed by atoms with E-state index in [1.165, 1.54) is 11.8 Å². The lowest BCUT2D eigenvalue weighted by Gasteiger charge is -2.18. The summed E-state index contributed by atoms with van der Waals surface area (Å²) in [7, 11) is 0. The highest BCUT2D eigenvalue weighted by Gasteiger charge is 2.37. The normalized spacial score (nSPS) is 15.2. The lowest BCUT2D eigenvalue weighted by atomic mass is 10.1. The van der Waals surface area contributed by atoms with Crippen LogP contribution in [-0.4, -0.2) is 22.3 Å². The number of benzene rings is 2. The minimum atomic E-state index is -0.406. The van der Waals surface area contributed by atoms with Crippen LogP contribution in [0.3, 0.4) is 0 Å². The molecule has 0 spiro atoms. The van der Waals surface area contributed by atoms with Gasteiger partial charge in [-0.05, 0) is 31.2 Å². The smallest absolute Gasteiger partial charge is 0.266 e. The third kappa shape index (κ3) is 2.70. The lowest BCUT2D eigenvalue weighted by molar-refractivity contribution is -0.0979. The fourth-order valence-electron chi connectivity index (χ4n) is 2.12. The molecule has 1 aliphatic rings. The molecular formula is C16H13NO3S. The molecule has 0 aromatic heterocycles. The van der Waals surface area contributed by atoms with Crippen molar-refractivity contribution in [2.24, 2.45) is 0 Å². The van der Waals surface area contributed by atoms with E-state index in [0.717, 1.165) is 9.96 Å². The van der Waals surface area contributed by atoms with Crippen molar-refractivity contribution < 1.29 is 14.4 Å². The second-order valence-electron chi connectivity index (χ2n) is 4.55. The van der Waals surface area contributed by atoms with Gasteiger partial charge in [0, 0.05) is 4.90 Å². The second-order valence-corrected chi connectivity index (χ2v) is 5.93. The van der Waals surface area contributed by atoms with Crippen LogP contribution in [0.15, 0.2) is 59.5 Å². The molecule has 1 aliphatic heterocycles. The first-order valence-electron chi connectivity index (χ1n) is 6.53. The Kier molecular flexibility index (Phi) is 3.77. The van der Waals surface area contributed by atoms with Crippen molar-refractivity contribution in [2.45, 2.75) is 17.3 Å². The predicted molar refractivity (Wildman–Crippen MR) is 79.8 cm³/mol. The summed E-state index contributed by atoms with van der Waals surface area (Å²) in [5, 5.41) is 0.852. The van der Waals surface area contributed by atoms with E-state index in [0.29, 0.717) is 11.1 Å². The Morgan fingerprint density at radius 3 is 2.00 bits per heavy atom. The van der Waals surface area contributed by atoms with Crippen LogP contribution >= 0.6 is 11.8 Å². The Labute approximate surface area is 126 Å². The van der Waals surface area contributed by atoms with E-state index in [4.69, 9.17) is 4.84 Å². The number of thioether (sulfide) groups is 1. The number of amides is 2. The number of carbonyl (C=O) groups excluding carboxylic acids is 2. The maximum Gasteiger partial charge on any atom is 0.285 e. The molecule has 1 atom stereocenters. The van der Waals surface area contributed by atoms with Crippen molar-refractivity contribution in [1.29, 1.82) is 0 Å². The predicted octanol–water partition coefficient (Wildman–Crippen LogP) is 3.35. The first-order valence-corrected chi connectivity index (χ1v) is 7.41. The summed E-state index contributed by atoms with van der Waals surface area (Å²) in [5.74, 6) is -0.813. The van der Waals surface area contributed by atoms with Crippen LogP contribution in [0.25, 0.3) is 0 Å². The maximum absolute atomic E-state index is 12.2. The van der Waals surface area contributed by atoms with E-state index in [9.17, 15) is 9.59 Å². The van der Waals surface area contributed by atoms with Crippen LogP contribution in [0.1, 0.15) is 27.6 Å². The molecule has 0 bridgehead atoms. The van der Waals surface area contributed by atoms with E-state index in [-0.39, 0.29) is 5.44 Å². The van der Waals surface area contributed by atoms with E-state index >= 15 is 0 Å². The van der Waals surface area contributed by atoms with Gasteiger partial charge in [0.2, 0.25) is 0 Å². The van der Waals surface area contributed by atoms with Gasteiger partial charge in [-0.1, -0.05) is 42.1 Å². The fraction of sp³-hybridized carbons (Fsp3) is 0.125. The van der Waals surface area contributed by atoms with E-state index in [1.807, 2.05) is 30.3 Å². The molecule has 0 N–H and O–H groups in total. The molecule has 2 amide bonds. The molecule has 0 aliphatic carbocycles. The molecular weight excluding hydrogens is 286 g/mol. The summed E-state index contributed by atoms with van der Waals surface area (Å²) in [6.45, 7) is 1.81. The lowest BCUT2D eigenvalue weighted by Crippen LogP contribution is -2.32. The van der Waals surface area contributed by atoms with E-state index < -0.39 is 11.8 Å². The number of carbonyl (C=O) groups is 2. The summed E-state index contributed by atoms with van der Waals surface area (Å²) in [6, 6.07) is 16.4. The summed E-state index contributed by atoms with van der Waals surface area (Å²) >= 11 is 1.44. The number of hydroxylamine groups is 2. The molecule has 106 valence electrons. The Balaban J connectivity index is 1.72. The van der Waals surface area contributed by atoms with Crippen LogP contribution in [0.4, 0.5) is 0 Å². The number of imide groups is 1. The molecule has 4 nitrogen and oxygen atoms in total. The standard InChI is InChI=1S/C16H13NO3S/c1-11(21-12-7-3-2-4-8-12)20-17-15(18)13-9-5-6-10-14(13)16(17)19/h2-11H,1H3. The first kappa shape index (κ1) is 13.9. The van der Waals surface area contributed by atoms with Crippen molar-refractivity contribution in [3.8, 4) is 0 Å². The Bertz CT molecular complexity index is 652. The Morgan fingerprint density at radius 2 is 1.43 bits per heavy atom. The first-order chi connectivity index (χ1) is 10.2. The second kappa shape index (κ2) is 5.71. The van der Waals surface area contributed by atoms with Crippen molar-refractivity contribution in [1.82, 2.24) is 5.06 Å². The molecule has 2 aromatic carbocycles. The number of hydrogen-bond acceptors (Lipinski definition) is 4. The summed E-state index contributed by atoms with van der Waals surface area (Å²) in [5.41, 5.74) is 0.424. The van der Waals surface area contributed by atoms with Crippen LogP contribution in [-0.2, 0) is 4.84 Å². The zero-order valence-corrected chi connectivity index (χ0v) is 12.2. The molecule has 1 heterocycles. The number of nitrogens with zero attached hydrogens (tertiary/aromatic N) is 1. The molecule has 0 saturated heterocycles. The van der Waals surface area contributed by atoms with Gasteiger partial charge in [-0.25, -0.2) is 4.84 Å². The largest absolute Gasteiger partial charge is 0.285 e. The van der Waals surface area contributed by atoms with Crippen LogP contribution in [0, 0.1) is 0 Å². The fourth-order valence-corrected chi connectivity index (χ4v) is 2.95. The SMILES string of the molecule is CC(ON1C(=O)c2ccccc2C1=O)Sc1ccccc1. The van der Waals surface area contributed by atoms with Crippen LogP contribution in [0.2, 0.25) is 0 Å². The van der Waals surface area contributed by atoms with Gasteiger partial charge in [-0.2, -0.15) is 0 Å². The van der Waals surface area contributed by atoms with Gasteiger partial charge >= 0.3 is 0 Å². The number of hydrogen-bond donors (Lipinski definition) is 0. The highest BCUT2D eigenvalue weighted by atomic mass is 32.2. The molecule has 1 unspecified atom stereocenters. The van der Waals surface area contributed by atoms with Crippen molar-refractivity contribution in [2.75, 3.05) is 0 Å². The monoisotopic (exact) mass is 299 g/mol. The highest BCUT2D eigenvalue weighted by Crippen LogP contribution is 2.28. The van der Waals surface area contributed by atoms with E-state index in [1.54, 1.807) is 31.2 Å². The number of rotatable bonds is 4. The molecule has 0 fully saturated rings. The van der Waals surface area contributed by atoms with Gasteiger partial charge in [0.1, 0.15) is 5.44 Å². The molecule has 0 saturated carbocycles. The molecule has 0 radical (unpaired) electrons. The van der Waals surface area contributed by atoms with Gasteiger partial charge in [-0.15, -0.1) is 5.06 Å². The van der Waals surface area contributed by atoms with Crippen molar-refractivity contribution in [3.63, 3.8) is 0 Å². The quantitative estimate of drug-likeness (QED) is 0.493. The third-order valence-corrected chi connectivity index (χ3v) is 4.02. The average Bonchev–Trinajstić information content (AvgIpc) is 2.74. The van der Waals surface area contributed by atoms with E-state index in [2.05, 4.69) is 0 Å². The third-order valence-electron chi connectivity index (χ3n) is 3.06. The minimum Gasteiger partial charge on any atom is -0.266 e. The summed E-state index contributed by atoms with van der Waals surface area (Å²) in [6.07, 6.45) is 0. The van der Waals surface area contributed by atoms with Gasteiger partial charge in [0.05, 0.1) is 11.1 Å². The highest BCUT2D eigenvalue weighted by molar-refractivity contribution is 7.99. The molecule has 21 heavy (non-hydrogen) atoms. The van der Waals surface area contributed by atoms with Gasteiger partial charge in [0.15, 0.2) is 0 Å². The zero-order valence-electron chi connectivity index (χ0n) is 11.4. The summed E-state index contributed by atoms with van der Waals surface area (Å²) in [4.78, 5) is 30.9. The summed E-state index contributed by atoms with van der Waals surface area (Å²) < 4.78 is 0. The van der Waals surface area contributed by atoms with Crippen LogP contribution < -0.4 is 0 Å². The van der Waals surface area contributed by atoms with Crippen LogP contribution in [0.5, 0.6) is 0 Å².